The Morgan fingerprint density at radius 3 is 2.00 bits per heavy atom. The van der Waals surface area contributed by atoms with Crippen molar-refractivity contribution in [1.29, 1.82) is 0 Å². The molecule has 0 saturated heterocycles. The van der Waals surface area contributed by atoms with E-state index in [4.69, 9.17) is 13.3 Å². The summed E-state index contributed by atoms with van der Waals surface area (Å²) in [4.78, 5) is 0. The minimum Gasteiger partial charge on any atom is -0.377 e. The molecule has 0 bridgehead atoms. The quantitative estimate of drug-likeness (QED) is 0.721. The van der Waals surface area contributed by atoms with Crippen LogP contribution in [0.1, 0.15) is 18.1 Å². The van der Waals surface area contributed by atoms with Crippen LogP contribution in [0.15, 0.2) is 24.3 Å². The smallest absolute Gasteiger partial charge is 0.377 e. The molecule has 20 heavy (non-hydrogen) atoms. The van der Waals surface area contributed by atoms with Crippen molar-refractivity contribution in [3.05, 3.63) is 35.4 Å². The van der Waals surface area contributed by atoms with Crippen LogP contribution in [-0.2, 0) is 25.9 Å². The van der Waals surface area contributed by atoms with Gasteiger partial charge in [-0.25, -0.2) is 0 Å². The Balaban J connectivity index is 2.69. The highest BCUT2D eigenvalue weighted by molar-refractivity contribution is 6.60. The summed E-state index contributed by atoms with van der Waals surface area (Å²) in [6.45, 7) is 2.32. The number of aryl methyl sites for hydroxylation is 1. The minimum atomic E-state index is -4.30. The summed E-state index contributed by atoms with van der Waals surface area (Å²) >= 11 is 0. The highest BCUT2D eigenvalue weighted by atomic mass is 28.4. The molecule has 0 aliphatic rings. The summed E-state index contributed by atoms with van der Waals surface area (Å²) in [5.74, 6) is 0. The number of rotatable bonds is 7. The normalized spacial score (nSPS) is 12.7. The zero-order valence-corrected chi connectivity index (χ0v) is 12.8. The predicted molar refractivity (Wildman–Crippen MR) is 71.4 cm³/mol. The molecule has 0 unspecified atom stereocenters. The molecule has 0 amide bonds. The lowest BCUT2D eigenvalue weighted by molar-refractivity contribution is -0.137. The first-order chi connectivity index (χ1) is 9.37. The Morgan fingerprint density at radius 1 is 1.05 bits per heavy atom. The van der Waals surface area contributed by atoms with E-state index in [1.807, 2.05) is 6.92 Å². The van der Waals surface area contributed by atoms with Crippen LogP contribution in [0.4, 0.5) is 13.2 Å². The Hall–Kier alpha value is -0.893. The molecule has 0 radical (unpaired) electrons. The van der Waals surface area contributed by atoms with Crippen LogP contribution in [0.3, 0.4) is 0 Å². The second kappa shape index (κ2) is 7.21. The van der Waals surface area contributed by atoms with Crippen LogP contribution >= 0.6 is 0 Å². The number of alkyl halides is 3. The monoisotopic (exact) mass is 308 g/mol. The van der Waals surface area contributed by atoms with Gasteiger partial charge in [-0.05, 0) is 31.0 Å². The maximum absolute atomic E-state index is 12.5. The standard InChI is InChI=1S/C13H19F3O3Si/c1-4-19-20(17-2,18-3)10-9-11-5-7-12(8-6-11)13(14,15)16/h5-8H,4,9-10H2,1-3H3. The predicted octanol–water partition coefficient (Wildman–Crippen LogP) is 3.52. The van der Waals surface area contributed by atoms with Gasteiger partial charge in [-0.2, -0.15) is 13.2 Å². The maximum atomic E-state index is 12.5. The summed E-state index contributed by atoms with van der Waals surface area (Å²) < 4.78 is 53.6. The third-order valence-corrected chi connectivity index (χ3v) is 5.82. The lowest BCUT2D eigenvalue weighted by atomic mass is 10.1. The van der Waals surface area contributed by atoms with E-state index in [0.29, 0.717) is 19.1 Å². The number of benzene rings is 1. The van der Waals surface area contributed by atoms with E-state index in [0.717, 1.165) is 17.7 Å². The lowest BCUT2D eigenvalue weighted by Gasteiger charge is -2.25. The largest absolute Gasteiger partial charge is 0.500 e. The Bertz CT molecular complexity index is 402. The van der Waals surface area contributed by atoms with Gasteiger partial charge in [0.15, 0.2) is 0 Å². The SMILES string of the molecule is CCO[Si](CCc1ccc(C(F)(F)F)cc1)(OC)OC. The van der Waals surface area contributed by atoms with Gasteiger partial charge in [-0.3, -0.25) is 0 Å². The molecule has 1 aromatic rings. The highest BCUT2D eigenvalue weighted by Gasteiger charge is 2.38. The van der Waals surface area contributed by atoms with Gasteiger partial charge in [-0.1, -0.05) is 12.1 Å². The summed E-state index contributed by atoms with van der Waals surface area (Å²) in [5, 5.41) is 0. The second-order valence-electron chi connectivity index (χ2n) is 4.22. The fourth-order valence-corrected chi connectivity index (χ4v) is 3.84. The molecule has 0 aliphatic carbocycles. The van der Waals surface area contributed by atoms with Crippen molar-refractivity contribution < 1.29 is 26.4 Å². The molecule has 0 aliphatic heterocycles. The summed E-state index contributed by atoms with van der Waals surface area (Å²) in [7, 11) is 0.353. The fraction of sp³-hybridized carbons (Fsp3) is 0.538. The molecule has 0 aromatic heterocycles. The molecule has 0 atom stereocenters. The molecule has 0 N–H and O–H groups in total. The molecule has 0 heterocycles. The minimum absolute atomic E-state index is 0.473. The van der Waals surface area contributed by atoms with Gasteiger partial charge in [0.2, 0.25) is 0 Å². The van der Waals surface area contributed by atoms with Gasteiger partial charge in [0.05, 0.1) is 5.56 Å². The Morgan fingerprint density at radius 2 is 1.60 bits per heavy atom. The maximum Gasteiger partial charge on any atom is 0.500 e. The number of halogens is 3. The van der Waals surface area contributed by atoms with Gasteiger partial charge < -0.3 is 13.3 Å². The van der Waals surface area contributed by atoms with Crippen LogP contribution < -0.4 is 0 Å². The Kier molecular flexibility index (Phi) is 6.19. The molecular formula is C13H19F3O3Si. The van der Waals surface area contributed by atoms with Crippen LogP contribution in [0, 0.1) is 0 Å². The first-order valence-corrected chi connectivity index (χ1v) is 8.20. The Labute approximate surface area is 118 Å². The van der Waals surface area contributed by atoms with Crippen molar-refractivity contribution in [2.24, 2.45) is 0 Å². The molecule has 1 rings (SSSR count). The average Bonchev–Trinajstić information content (AvgIpc) is 2.43. The third kappa shape index (κ3) is 4.59. The highest BCUT2D eigenvalue weighted by Crippen LogP contribution is 2.29. The molecule has 3 nitrogen and oxygen atoms in total. The van der Waals surface area contributed by atoms with Crippen molar-refractivity contribution >= 4 is 8.80 Å². The number of hydrogen-bond acceptors (Lipinski definition) is 3. The van der Waals surface area contributed by atoms with Gasteiger partial charge >= 0.3 is 15.0 Å². The van der Waals surface area contributed by atoms with Gasteiger partial charge in [0.1, 0.15) is 0 Å². The molecule has 114 valence electrons. The lowest BCUT2D eigenvalue weighted by Crippen LogP contribution is -2.44. The van der Waals surface area contributed by atoms with Crippen molar-refractivity contribution in [3.63, 3.8) is 0 Å². The summed E-state index contributed by atoms with van der Waals surface area (Å²) in [6, 6.07) is 5.63. The topological polar surface area (TPSA) is 27.7 Å². The van der Waals surface area contributed by atoms with Crippen molar-refractivity contribution in [2.45, 2.75) is 25.6 Å². The molecule has 1 aromatic carbocycles. The third-order valence-electron chi connectivity index (χ3n) is 2.99. The molecule has 0 spiro atoms. The summed E-state index contributed by atoms with van der Waals surface area (Å²) in [6.07, 6.45) is -3.76. The van der Waals surface area contributed by atoms with Crippen molar-refractivity contribution in [2.75, 3.05) is 20.8 Å². The van der Waals surface area contributed by atoms with Gasteiger partial charge in [0.25, 0.3) is 0 Å². The van der Waals surface area contributed by atoms with Crippen LogP contribution in [0.2, 0.25) is 6.04 Å². The van der Waals surface area contributed by atoms with Gasteiger partial charge in [0, 0.05) is 26.9 Å². The molecule has 0 fully saturated rings. The second-order valence-corrected chi connectivity index (χ2v) is 7.19. The van der Waals surface area contributed by atoms with Gasteiger partial charge in [-0.15, -0.1) is 0 Å². The van der Waals surface area contributed by atoms with E-state index < -0.39 is 20.5 Å². The molecule has 7 heteroatoms. The van der Waals surface area contributed by atoms with Crippen LogP contribution in [0.5, 0.6) is 0 Å². The van der Waals surface area contributed by atoms with Crippen molar-refractivity contribution in [3.8, 4) is 0 Å². The zero-order chi connectivity index (χ0) is 15.2. The molecule has 0 saturated carbocycles. The van der Waals surface area contributed by atoms with Crippen molar-refractivity contribution in [1.82, 2.24) is 0 Å². The van der Waals surface area contributed by atoms with E-state index in [1.54, 1.807) is 0 Å². The zero-order valence-electron chi connectivity index (χ0n) is 11.8. The van der Waals surface area contributed by atoms with E-state index in [-0.39, 0.29) is 0 Å². The average molecular weight is 308 g/mol. The first kappa shape index (κ1) is 17.2. The van der Waals surface area contributed by atoms with Crippen LogP contribution in [0.25, 0.3) is 0 Å². The van der Waals surface area contributed by atoms with E-state index in [1.165, 1.54) is 26.4 Å². The van der Waals surface area contributed by atoms with Crippen LogP contribution in [-0.4, -0.2) is 29.6 Å². The summed E-state index contributed by atoms with van der Waals surface area (Å²) in [5.41, 5.74) is 0.150. The molecular weight excluding hydrogens is 289 g/mol. The first-order valence-electron chi connectivity index (χ1n) is 6.27. The van der Waals surface area contributed by atoms with E-state index in [9.17, 15) is 13.2 Å². The fourth-order valence-electron chi connectivity index (χ4n) is 1.86. The van der Waals surface area contributed by atoms with E-state index >= 15 is 0 Å². The number of hydrogen-bond donors (Lipinski definition) is 0. The van der Waals surface area contributed by atoms with E-state index in [2.05, 4.69) is 0 Å².